The van der Waals surface area contributed by atoms with E-state index in [-0.39, 0.29) is 4.90 Å². The summed E-state index contributed by atoms with van der Waals surface area (Å²) in [5, 5.41) is 2.65. The van der Waals surface area contributed by atoms with Crippen molar-refractivity contribution in [3.63, 3.8) is 0 Å². The van der Waals surface area contributed by atoms with Crippen molar-refractivity contribution in [1.82, 2.24) is 4.31 Å². The normalized spacial score (nSPS) is 12.1. The number of nitrogens with one attached hydrogen (secondary N) is 1. The number of anilines is 2. The first-order valence-electron chi connectivity index (χ1n) is 10.3. The molecule has 0 atom stereocenters. The van der Waals surface area contributed by atoms with Crippen LogP contribution in [-0.2, 0) is 24.8 Å². The highest BCUT2D eigenvalue weighted by Crippen LogP contribution is 2.28. The molecular weight excluding hydrogens is 450 g/mol. The molecule has 2 aromatic rings. The third-order valence-corrected chi connectivity index (χ3v) is 8.23. The van der Waals surface area contributed by atoms with E-state index in [1.54, 1.807) is 27.7 Å². The van der Waals surface area contributed by atoms with Crippen LogP contribution in [0.3, 0.4) is 0 Å². The van der Waals surface area contributed by atoms with Crippen molar-refractivity contribution in [1.29, 1.82) is 0 Å². The second-order valence-electron chi connectivity index (χ2n) is 7.68. The van der Waals surface area contributed by atoms with Gasteiger partial charge in [0.25, 0.3) is 0 Å². The van der Waals surface area contributed by atoms with Crippen LogP contribution in [0.4, 0.5) is 11.4 Å². The quantitative estimate of drug-likeness (QED) is 0.593. The molecule has 0 radical (unpaired) electrons. The summed E-state index contributed by atoms with van der Waals surface area (Å²) < 4.78 is 52.5. The van der Waals surface area contributed by atoms with Gasteiger partial charge in [-0.15, -0.1) is 0 Å². The Morgan fingerprint density at radius 3 is 1.84 bits per heavy atom. The zero-order valence-electron chi connectivity index (χ0n) is 19.3. The van der Waals surface area contributed by atoms with Crippen molar-refractivity contribution in [3.05, 3.63) is 53.1 Å². The topological polar surface area (TPSA) is 104 Å². The zero-order valence-corrected chi connectivity index (χ0v) is 21.0. The molecule has 0 spiro atoms. The minimum atomic E-state index is -3.72. The predicted molar refractivity (Wildman–Crippen MR) is 128 cm³/mol. The second kappa shape index (κ2) is 10.0. The third-order valence-electron chi connectivity index (χ3n) is 5.05. The first kappa shape index (κ1) is 25.8. The van der Waals surface area contributed by atoms with Crippen molar-refractivity contribution in [2.24, 2.45) is 0 Å². The maximum absolute atomic E-state index is 12.7. The van der Waals surface area contributed by atoms with Gasteiger partial charge in [0, 0.05) is 18.8 Å². The van der Waals surface area contributed by atoms with E-state index < -0.39 is 32.5 Å². The Balaban J connectivity index is 2.25. The van der Waals surface area contributed by atoms with Gasteiger partial charge >= 0.3 is 0 Å². The van der Waals surface area contributed by atoms with Gasteiger partial charge in [0.1, 0.15) is 6.54 Å². The number of nitrogens with zero attached hydrogens (tertiary/aromatic N) is 2. The summed E-state index contributed by atoms with van der Waals surface area (Å²) in [4.78, 5) is 12.8. The summed E-state index contributed by atoms with van der Waals surface area (Å²) in [7, 11) is -7.32. The molecule has 32 heavy (non-hydrogen) atoms. The summed E-state index contributed by atoms with van der Waals surface area (Å²) in [6, 6.07) is 9.56. The fourth-order valence-electron chi connectivity index (χ4n) is 3.68. The predicted octanol–water partition coefficient (Wildman–Crippen LogP) is 3.05. The Bertz CT molecular complexity index is 1160. The number of hydrogen-bond acceptors (Lipinski definition) is 5. The van der Waals surface area contributed by atoms with Crippen molar-refractivity contribution >= 4 is 37.3 Å². The number of aryl methyl sites for hydroxylation is 3. The van der Waals surface area contributed by atoms with Gasteiger partial charge in [-0.25, -0.2) is 16.8 Å². The molecule has 0 aliphatic rings. The number of carbonyl (C=O) groups excluding carboxylic acids is 1. The van der Waals surface area contributed by atoms with Gasteiger partial charge < -0.3 is 5.32 Å². The van der Waals surface area contributed by atoms with Gasteiger partial charge in [-0.3, -0.25) is 9.10 Å². The van der Waals surface area contributed by atoms with Crippen molar-refractivity contribution in [2.45, 2.75) is 39.5 Å². The Kier molecular flexibility index (Phi) is 8.08. The summed E-state index contributed by atoms with van der Waals surface area (Å²) in [5.74, 6) is -0.533. The minimum absolute atomic E-state index is 0.128. The average Bonchev–Trinajstić information content (AvgIpc) is 2.67. The summed E-state index contributed by atoms with van der Waals surface area (Å²) in [6.45, 7) is 9.38. The standard InChI is InChI=1S/C22H31N3O5S2/c1-7-24(8-2)32(29,30)20-11-9-19(10-12-20)23-21(26)15-25(31(6,27)28)22-17(4)13-16(3)14-18(22)5/h9-14H,7-8,15H2,1-6H3,(H,23,26). The fraction of sp³-hybridized carbons (Fsp3) is 0.409. The molecule has 0 bridgehead atoms. The number of benzene rings is 2. The second-order valence-corrected chi connectivity index (χ2v) is 11.5. The van der Waals surface area contributed by atoms with E-state index in [1.807, 2.05) is 19.1 Å². The number of sulfonamides is 2. The lowest BCUT2D eigenvalue weighted by atomic mass is 10.1. The van der Waals surface area contributed by atoms with E-state index in [0.717, 1.165) is 27.3 Å². The van der Waals surface area contributed by atoms with E-state index in [2.05, 4.69) is 5.32 Å². The van der Waals surface area contributed by atoms with Crippen LogP contribution >= 0.6 is 0 Å². The van der Waals surface area contributed by atoms with Crippen LogP contribution in [0.15, 0.2) is 41.3 Å². The maximum Gasteiger partial charge on any atom is 0.245 e. The fourth-order valence-corrected chi connectivity index (χ4v) is 6.11. The van der Waals surface area contributed by atoms with Crippen molar-refractivity contribution in [3.8, 4) is 0 Å². The molecular formula is C22H31N3O5S2. The smallest absolute Gasteiger partial charge is 0.245 e. The molecule has 0 fully saturated rings. The van der Waals surface area contributed by atoms with Gasteiger partial charge in [-0.2, -0.15) is 4.31 Å². The average molecular weight is 482 g/mol. The highest BCUT2D eigenvalue weighted by atomic mass is 32.2. The lowest BCUT2D eigenvalue weighted by Gasteiger charge is -2.26. The van der Waals surface area contributed by atoms with Gasteiger partial charge in [-0.1, -0.05) is 31.5 Å². The Morgan fingerprint density at radius 2 is 1.41 bits per heavy atom. The molecule has 0 aliphatic heterocycles. The van der Waals surface area contributed by atoms with E-state index in [0.29, 0.717) is 24.5 Å². The largest absolute Gasteiger partial charge is 0.325 e. The van der Waals surface area contributed by atoms with Gasteiger partial charge in [-0.05, 0) is 56.2 Å². The molecule has 0 heterocycles. The summed E-state index contributed by atoms with van der Waals surface area (Å²) in [6.07, 6.45) is 1.06. The van der Waals surface area contributed by atoms with Gasteiger partial charge in [0.2, 0.25) is 26.0 Å². The Hall–Kier alpha value is -2.43. The summed E-state index contributed by atoms with van der Waals surface area (Å²) in [5.41, 5.74) is 3.37. The molecule has 1 N–H and O–H groups in total. The van der Waals surface area contributed by atoms with Crippen LogP contribution < -0.4 is 9.62 Å². The minimum Gasteiger partial charge on any atom is -0.325 e. The molecule has 0 saturated carbocycles. The molecule has 10 heteroatoms. The van der Waals surface area contributed by atoms with E-state index in [4.69, 9.17) is 0 Å². The number of amides is 1. The van der Waals surface area contributed by atoms with E-state index in [9.17, 15) is 21.6 Å². The molecule has 2 aromatic carbocycles. The molecule has 176 valence electrons. The monoisotopic (exact) mass is 481 g/mol. The Morgan fingerprint density at radius 1 is 0.906 bits per heavy atom. The van der Waals surface area contributed by atoms with Crippen molar-refractivity contribution in [2.75, 3.05) is 35.5 Å². The molecule has 0 aliphatic carbocycles. The summed E-state index contributed by atoms with van der Waals surface area (Å²) >= 11 is 0. The number of hydrogen-bond donors (Lipinski definition) is 1. The highest BCUT2D eigenvalue weighted by Gasteiger charge is 2.25. The maximum atomic E-state index is 12.7. The first-order chi connectivity index (χ1) is 14.8. The zero-order chi connectivity index (χ0) is 24.3. The molecule has 2 rings (SSSR count). The van der Waals surface area contributed by atoms with E-state index in [1.165, 1.54) is 28.6 Å². The van der Waals surface area contributed by atoms with Gasteiger partial charge in [0.15, 0.2) is 0 Å². The molecule has 0 unspecified atom stereocenters. The lowest BCUT2D eigenvalue weighted by Crippen LogP contribution is -2.38. The Labute approximate surface area is 191 Å². The number of carbonyl (C=O) groups is 1. The molecule has 8 nitrogen and oxygen atoms in total. The SMILES string of the molecule is CCN(CC)S(=O)(=O)c1ccc(NC(=O)CN(c2c(C)cc(C)cc2C)S(C)(=O)=O)cc1. The van der Waals surface area contributed by atoms with Crippen LogP contribution in [0.1, 0.15) is 30.5 Å². The number of rotatable bonds is 9. The highest BCUT2D eigenvalue weighted by molar-refractivity contribution is 7.92. The van der Waals surface area contributed by atoms with Gasteiger partial charge in [0.05, 0.1) is 16.8 Å². The molecule has 0 saturated heterocycles. The first-order valence-corrected chi connectivity index (χ1v) is 13.6. The van der Waals surface area contributed by atoms with E-state index >= 15 is 0 Å². The van der Waals surface area contributed by atoms with Crippen LogP contribution in [0.2, 0.25) is 0 Å². The molecule has 0 aromatic heterocycles. The van der Waals surface area contributed by atoms with Crippen LogP contribution in [0.5, 0.6) is 0 Å². The third kappa shape index (κ3) is 5.87. The van der Waals surface area contributed by atoms with Crippen LogP contribution in [0, 0.1) is 20.8 Å². The molecule has 1 amide bonds. The van der Waals surface area contributed by atoms with Crippen LogP contribution in [0.25, 0.3) is 0 Å². The lowest BCUT2D eigenvalue weighted by molar-refractivity contribution is -0.114. The van der Waals surface area contributed by atoms with Crippen LogP contribution in [-0.4, -0.2) is 52.9 Å². The van der Waals surface area contributed by atoms with Crippen molar-refractivity contribution < 1.29 is 21.6 Å².